The molecule has 1 fully saturated rings. The molecule has 0 atom stereocenters. The van der Waals surface area contributed by atoms with Crippen LogP contribution in [0.1, 0.15) is 40.5 Å². The summed E-state index contributed by atoms with van der Waals surface area (Å²) in [5, 5.41) is 0. The number of piperidine rings is 1. The molecule has 0 saturated carbocycles. The number of hydrogen-bond acceptors (Lipinski definition) is 3. The number of hydrogen-bond donors (Lipinski definition) is 0. The number of carbonyl (C=O) groups excluding carboxylic acids is 1. The largest absolute Gasteiger partial charge is 0.490 e. The van der Waals surface area contributed by atoms with Gasteiger partial charge in [0.1, 0.15) is 17.5 Å². The SMILES string of the molecule is C=C/C=C(\C=C/C)OC1CCN(C(=O)OC(C)(C)C)CC1. The molecule has 118 valence electrons. The Morgan fingerprint density at radius 3 is 2.38 bits per heavy atom. The van der Waals surface area contributed by atoms with Crippen LogP contribution >= 0.6 is 0 Å². The molecule has 1 saturated heterocycles. The maximum absolute atomic E-state index is 12.0. The number of ether oxygens (including phenoxy) is 2. The smallest absolute Gasteiger partial charge is 0.410 e. The zero-order valence-corrected chi connectivity index (χ0v) is 13.6. The Balaban J connectivity index is 2.47. The lowest BCUT2D eigenvalue weighted by Crippen LogP contribution is -2.43. The molecular weight excluding hydrogens is 266 g/mol. The highest BCUT2D eigenvalue weighted by molar-refractivity contribution is 5.68. The summed E-state index contributed by atoms with van der Waals surface area (Å²) in [6, 6.07) is 0. The predicted molar refractivity (Wildman–Crippen MR) is 85.0 cm³/mol. The molecule has 1 heterocycles. The topological polar surface area (TPSA) is 38.8 Å². The van der Waals surface area contributed by atoms with Crippen LogP contribution in [0, 0.1) is 0 Å². The summed E-state index contributed by atoms with van der Waals surface area (Å²) in [6.07, 6.45) is 8.93. The van der Waals surface area contributed by atoms with E-state index < -0.39 is 5.60 Å². The third-order valence-electron chi connectivity index (χ3n) is 3.01. The molecule has 4 nitrogen and oxygen atoms in total. The first-order valence-corrected chi connectivity index (χ1v) is 7.45. The van der Waals surface area contributed by atoms with Gasteiger partial charge in [-0.3, -0.25) is 0 Å². The van der Waals surface area contributed by atoms with Crippen LogP contribution in [-0.4, -0.2) is 35.8 Å². The van der Waals surface area contributed by atoms with Crippen molar-refractivity contribution in [2.24, 2.45) is 0 Å². The van der Waals surface area contributed by atoms with Crippen molar-refractivity contribution in [2.75, 3.05) is 13.1 Å². The molecule has 0 radical (unpaired) electrons. The van der Waals surface area contributed by atoms with E-state index in [2.05, 4.69) is 6.58 Å². The molecule has 0 aromatic heterocycles. The molecule has 0 aromatic rings. The zero-order chi connectivity index (χ0) is 15.9. The Morgan fingerprint density at radius 1 is 1.29 bits per heavy atom. The second kappa shape index (κ2) is 7.91. The lowest BCUT2D eigenvalue weighted by atomic mass is 10.1. The van der Waals surface area contributed by atoms with Crippen molar-refractivity contribution < 1.29 is 14.3 Å². The fourth-order valence-corrected chi connectivity index (χ4v) is 2.09. The van der Waals surface area contributed by atoms with Gasteiger partial charge in [-0.25, -0.2) is 4.79 Å². The standard InChI is InChI=1S/C17H27NO3/c1-6-8-14(9-7-2)20-15-10-12-18(13-11-15)16(19)21-17(3,4)5/h6-9,15H,1,10-13H2,2-5H3/b9-7-,14-8+. The van der Waals surface area contributed by atoms with E-state index in [1.807, 2.05) is 45.9 Å². The van der Waals surface area contributed by atoms with Crippen molar-refractivity contribution in [3.05, 3.63) is 36.6 Å². The minimum absolute atomic E-state index is 0.131. The van der Waals surface area contributed by atoms with Gasteiger partial charge in [-0.1, -0.05) is 18.7 Å². The highest BCUT2D eigenvalue weighted by atomic mass is 16.6. The lowest BCUT2D eigenvalue weighted by molar-refractivity contribution is 0.00558. The summed E-state index contributed by atoms with van der Waals surface area (Å²) < 4.78 is 11.3. The normalized spacial score (nSPS) is 17.9. The number of allylic oxidation sites excluding steroid dienone is 4. The summed E-state index contributed by atoms with van der Waals surface area (Å²) in [6.45, 7) is 12.6. The van der Waals surface area contributed by atoms with Crippen LogP contribution in [0.5, 0.6) is 0 Å². The van der Waals surface area contributed by atoms with Gasteiger partial charge in [-0.2, -0.15) is 0 Å². The van der Waals surface area contributed by atoms with E-state index in [4.69, 9.17) is 9.47 Å². The van der Waals surface area contributed by atoms with E-state index in [0.29, 0.717) is 13.1 Å². The third-order valence-corrected chi connectivity index (χ3v) is 3.01. The quantitative estimate of drug-likeness (QED) is 0.580. The summed E-state index contributed by atoms with van der Waals surface area (Å²) in [5.74, 6) is 0.809. The molecule has 0 aliphatic carbocycles. The van der Waals surface area contributed by atoms with E-state index in [-0.39, 0.29) is 12.2 Å². The molecule has 0 bridgehead atoms. The van der Waals surface area contributed by atoms with Gasteiger partial charge < -0.3 is 14.4 Å². The summed E-state index contributed by atoms with van der Waals surface area (Å²) in [5.41, 5.74) is -0.448. The molecule has 1 amide bonds. The van der Waals surface area contributed by atoms with Crippen molar-refractivity contribution >= 4 is 6.09 Å². The van der Waals surface area contributed by atoms with Crippen molar-refractivity contribution in [1.82, 2.24) is 4.90 Å². The van der Waals surface area contributed by atoms with E-state index in [1.54, 1.807) is 11.0 Å². The molecule has 0 N–H and O–H groups in total. The average Bonchev–Trinajstić information content (AvgIpc) is 2.38. The van der Waals surface area contributed by atoms with Crippen LogP contribution in [0.4, 0.5) is 4.79 Å². The van der Waals surface area contributed by atoms with E-state index >= 15 is 0 Å². The first-order valence-electron chi connectivity index (χ1n) is 7.45. The number of nitrogens with zero attached hydrogens (tertiary/aromatic N) is 1. The van der Waals surface area contributed by atoms with E-state index in [0.717, 1.165) is 18.6 Å². The second-order valence-corrected chi connectivity index (χ2v) is 6.09. The molecule has 4 heteroatoms. The number of likely N-dealkylation sites (tertiary alicyclic amines) is 1. The molecule has 0 spiro atoms. The first kappa shape index (κ1) is 17.3. The molecule has 0 aromatic carbocycles. The summed E-state index contributed by atoms with van der Waals surface area (Å²) in [4.78, 5) is 13.7. The monoisotopic (exact) mass is 293 g/mol. The molecule has 1 rings (SSSR count). The highest BCUT2D eigenvalue weighted by Crippen LogP contribution is 2.19. The van der Waals surface area contributed by atoms with Gasteiger partial charge in [0.25, 0.3) is 0 Å². The van der Waals surface area contributed by atoms with Gasteiger partial charge >= 0.3 is 6.09 Å². The summed E-state index contributed by atoms with van der Waals surface area (Å²) in [7, 11) is 0. The zero-order valence-electron chi connectivity index (χ0n) is 13.6. The molecular formula is C17H27NO3. The summed E-state index contributed by atoms with van der Waals surface area (Å²) >= 11 is 0. The Bertz CT molecular complexity index is 410. The maximum atomic E-state index is 12.0. The lowest BCUT2D eigenvalue weighted by Gasteiger charge is -2.33. The minimum Gasteiger partial charge on any atom is -0.490 e. The van der Waals surface area contributed by atoms with Crippen LogP contribution in [0.25, 0.3) is 0 Å². The van der Waals surface area contributed by atoms with E-state index in [1.165, 1.54) is 0 Å². The number of rotatable bonds is 4. The van der Waals surface area contributed by atoms with Gasteiger partial charge in [0, 0.05) is 25.9 Å². The van der Waals surface area contributed by atoms with Crippen molar-refractivity contribution in [3.8, 4) is 0 Å². The molecule has 0 unspecified atom stereocenters. The number of carbonyl (C=O) groups is 1. The van der Waals surface area contributed by atoms with Crippen LogP contribution in [-0.2, 0) is 9.47 Å². The van der Waals surface area contributed by atoms with Gasteiger partial charge in [-0.05, 0) is 39.8 Å². The fraction of sp³-hybridized carbons (Fsp3) is 0.588. The Hall–Kier alpha value is -1.71. The van der Waals surface area contributed by atoms with Crippen molar-refractivity contribution in [3.63, 3.8) is 0 Å². The van der Waals surface area contributed by atoms with Crippen LogP contribution in [0.15, 0.2) is 36.6 Å². The molecule has 1 aliphatic heterocycles. The molecule has 1 aliphatic rings. The van der Waals surface area contributed by atoms with Gasteiger partial charge in [0.2, 0.25) is 0 Å². The van der Waals surface area contributed by atoms with Crippen LogP contribution < -0.4 is 0 Å². The second-order valence-electron chi connectivity index (χ2n) is 6.09. The predicted octanol–water partition coefficient (Wildman–Crippen LogP) is 4.05. The molecule has 21 heavy (non-hydrogen) atoms. The Labute approximate surface area is 128 Å². The van der Waals surface area contributed by atoms with Gasteiger partial charge in [0.15, 0.2) is 0 Å². The van der Waals surface area contributed by atoms with Crippen molar-refractivity contribution in [1.29, 1.82) is 0 Å². The highest BCUT2D eigenvalue weighted by Gasteiger charge is 2.27. The number of amides is 1. The fourth-order valence-electron chi connectivity index (χ4n) is 2.09. The Kier molecular flexibility index (Phi) is 6.53. The van der Waals surface area contributed by atoms with E-state index in [9.17, 15) is 4.79 Å². The van der Waals surface area contributed by atoms with Crippen LogP contribution in [0.2, 0.25) is 0 Å². The average molecular weight is 293 g/mol. The third kappa shape index (κ3) is 6.52. The minimum atomic E-state index is -0.448. The van der Waals surface area contributed by atoms with Crippen LogP contribution in [0.3, 0.4) is 0 Å². The van der Waals surface area contributed by atoms with Gasteiger partial charge in [-0.15, -0.1) is 0 Å². The first-order chi connectivity index (χ1) is 9.85. The van der Waals surface area contributed by atoms with Crippen molar-refractivity contribution in [2.45, 2.75) is 52.2 Å². The Morgan fingerprint density at radius 2 is 1.90 bits per heavy atom. The maximum Gasteiger partial charge on any atom is 0.410 e. The van der Waals surface area contributed by atoms with Gasteiger partial charge in [0.05, 0.1) is 0 Å².